The van der Waals surface area contributed by atoms with E-state index < -0.39 is 0 Å². The zero-order chi connectivity index (χ0) is 14.7. The van der Waals surface area contributed by atoms with Crippen LogP contribution in [0.3, 0.4) is 0 Å². The maximum atomic E-state index is 11.9. The maximum Gasteiger partial charge on any atom is 0.332 e. The van der Waals surface area contributed by atoms with Crippen molar-refractivity contribution in [2.24, 2.45) is 0 Å². The Bertz CT molecular complexity index is 690. The molecule has 1 aliphatic rings. The number of anilines is 1. The summed E-state index contributed by atoms with van der Waals surface area (Å²) in [6.07, 6.45) is 2.29. The number of hydrogen-bond acceptors (Lipinski definition) is 3. The lowest BCUT2D eigenvalue weighted by Crippen LogP contribution is -2.04. The van der Waals surface area contributed by atoms with Crippen LogP contribution in [0.15, 0.2) is 60.3 Å². The van der Waals surface area contributed by atoms with E-state index in [1.165, 1.54) is 17.2 Å². The van der Waals surface area contributed by atoms with Crippen LogP contribution >= 0.6 is 0 Å². The van der Waals surface area contributed by atoms with Gasteiger partial charge in [-0.25, -0.2) is 4.79 Å². The number of rotatable bonds is 3. The van der Waals surface area contributed by atoms with Crippen molar-refractivity contribution >= 4 is 11.7 Å². The molecule has 0 saturated heterocycles. The average Bonchev–Trinajstić information content (AvgIpc) is 2.87. The van der Waals surface area contributed by atoms with Gasteiger partial charge in [-0.15, -0.1) is 0 Å². The van der Waals surface area contributed by atoms with Crippen molar-refractivity contribution in [2.45, 2.75) is 20.0 Å². The van der Waals surface area contributed by atoms with Gasteiger partial charge in [-0.3, -0.25) is 0 Å². The van der Waals surface area contributed by atoms with Crippen LogP contribution in [0.25, 0.3) is 0 Å². The van der Waals surface area contributed by atoms with Gasteiger partial charge in [-0.2, -0.15) is 0 Å². The van der Waals surface area contributed by atoms with E-state index in [0.717, 1.165) is 23.4 Å². The van der Waals surface area contributed by atoms with Gasteiger partial charge in [-0.05, 0) is 24.1 Å². The van der Waals surface area contributed by atoms with Crippen molar-refractivity contribution in [1.29, 1.82) is 0 Å². The monoisotopic (exact) mass is 279 g/mol. The van der Waals surface area contributed by atoms with E-state index in [2.05, 4.69) is 24.4 Å². The Labute approximate surface area is 124 Å². The van der Waals surface area contributed by atoms with E-state index in [1.54, 1.807) is 0 Å². The number of allylic oxidation sites excluding steroid dienone is 1. The van der Waals surface area contributed by atoms with Crippen molar-refractivity contribution < 1.29 is 9.53 Å². The molecule has 0 aliphatic carbocycles. The van der Waals surface area contributed by atoms with E-state index in [4.69, 9.17) is 4.74 Å². The van der Waals surface area contributed by atoms with Crippen LogP contribution in [-0.4, -0.2) is 5.97 Å². The first-order chi connectivity index (χ1) is 10.2. The van der Waals surface area contributed by atoms with Gasteiger partial charge >= 0.3 is 5.97 Å². The molecule has 0 fully saturated rings. The van der Waals surface area contributed by atoms with E-state index in [-0.39, 0.29) is 5.97 Å². The molecule has 21 heavy (non-hydrogen) atoms. The number of aryl methyl sites for hydroxylation is 1. The highest BCUT2D eigenvalue weighted by Gasteiger charge is 2.15. The molecule has 0 radical (unpaired) electrons. The first-order valence-electron chi connectivity index (χ1n) is 6.98. The number of nitrogens with one attached hydrogen (secondary N) is 1. The third-order valence-electron chi connectivity index (χ3n) is 3.45. The molecule has 0 unspecified atom stereocenters. The number of esters is 1. The quantitative estimate of drug-likeness (QED) is 0.689. The average molecular weight is 279 g/mol. The van der Waals surface area contributed by atoms with Crippen molar-refractivity contribution in [3.05, 3.63) is 77.0 Å². The van der Waals surface area contributed by atoms with Gasteiger partial charge in [-0.1, -0.05) is 48.0 Å². The fraction of sp³-hybridized carbons (Fsp3) is 0.167. The van der Waals surface area contributed by atoms with Gasteiger partial charge in [0, 0.05) is 23.9 Å². The molecular weight excluding hydrogens is 262 g/mol. The van der Waals surface area contributed by atoms with Gasteiger partial charge in [0.05, 0.1) is 0 Å². The minimum absolute atomic E-state index is 0.301. The fourth-order valence-corrected chi connectivity index (χ4v) is 2.41. The van der Waals surface area contributed by atoms with Gasteiger partial charge in [0.2, 0.25) is 0 Å². The second-order valence-electron chi connectivity index (χ2n) is 5.23. The van der Waals surface area contributed by atoms with Crippen LogP contribution in [0.2, 0.25) is 0 Å². The summed E-state index contributed by atoms with van der Waals surface area (Å²) in [6, 6.07) is 15.9. The van der Waals surface area contributed by atoms with Crippen LogP contribution in [-0.2, 0) is 22.6 Å². The molecule has 1 N–H and O–H groups in total. The predicted molar refractivity (Wildman–Crippen MR) is 82.8 cm³/mol. The van der Waals surface area contributed by atoms with Gasteiger partial charge < -0.3 is 10.1 Å². The van der Waals surface area contributed by atoms with E-state index >= 15 is 0 Å². The zero-order valence-electron chi connectivity index (χ0n) is 11.9. The lowest BCUT2D eigenvalue weighted by atomic mass is 10.1. The van der Waals surface area contributed by atoms with Crippen LogP contribution in [0.5, 0.6) is 0 Å². The molecule has 0 bridgehead atoms. The molecule has 3 nitrogen and oxygen atoms in total. The Kier molecular flexibility index (Phi) is 3.73. The Hall–Kier alpha value is -2.55. The molecule has 1 heterocycles. The number of carbonyl (C=O) groups excluding carboxylic acids is 1. The number of ether oxygens (including phenoxy) is 1. The van der Waals surface area contributed by atoms with E-state index in [1.807, 2.05) is 36.4 Å². The molecule has 2 aromatic carbocycles. The summed E-state index contributed by atoms with van der Waals surface area (Å²) < 4.78 is 5.26. The summed E-state index contributed by atoms with van der Waals surface area (Å²) in [4.78, 5) is 11.9. The normalized spacial score (nSPS) is 14.6. The first kappa shape index (κ1) is 13.4. The van der Waals surface area contributed by atoms with E-state index in [9.17, 15) is 4.79 Å². The number of carbonyl (C=O) groups is 1. The van der Waals surface area contributed by atoms with Crippen LogP contribution in [0, 0.1) is 6.92 Å². The second-order valence-corrected chi connectivity index (χ2v) is 5.23. The van der Waals surface area contributed by atoms with Gasteiger partial charge in [0.1, 0.15) is 6.61 Å². The topological polar surface area (TPSA) is 38.3 Å². The lowest BCUT2D eigenvalue weighted by molar-refractivity contribution is -0.139. The maximum absolute atomic E-state index is 11.9. The van der Waals surface area contributed by atoms with E-state index in [0.29, 0.717) is 6.61 Å². The first-order valence-corrected chi connectivity index (χ1v) is 6.98. The third-order valence-corrected chi connectivity index (χ3v) is 3.45. The molecule has 0 aromatic heterocycles. The molecule has 106 valence electrons. The molecule has 1 aliphatic heterocycles. The predicted octanol–water partition coefficient (Wildman–Crippen LogP) is 3.59. The Morgan fingerprint density at radius 3 is 2.86 bits per heavy atom. The summed E-state index contributed by atoms with van der Waals surface area (Å²) in [6.45, 7) is 2.37. The Morgan fingerprint density at radius 1 is 1.24 bits per heavy atom. The summed E-state index contributed by atoms with van der Waals surface area (Å²) in [5.74, 6) is -0.314. The lowest BCUT2D eigenvalue weighted by Gasteiger charge is -2.03. The minimum atomic E-state index is -0.314. The molecule has 2 aromatic rings. The summed E-state index contributed by atoms with van der Waals surface area (Å²) in [5.41, 5.74) is 5.39. The van der Waals surface area contributed by atoms with Crippen molar-refractivity contribution in [3.63, 3.8) is 0 Å². The molecule has 0 atom stereocenters. The largest absolute Gasteiger partial charge is 0.458 e. The number of hydrogen-bond donors (Lipinski definition) is 1. The smallest absolute Gasteiger partial charge is 0.332 e. The number of benzene rings is 2. The Morgan fingerprint density at radius 2 is 2.05 bits per heavy atom. The number of fused-ring (bicyclic) bond motifs is 1. The van der Waals surface area contributed by atoms with Crippen LogP contribution in [0.4, 0.5) is 5.69 Å². The molecular formula is C18H17NO2. The highest BCUT2D eigenvalue weighted by atomic mass is 16.5. The molecule has 0 saturated carbocycles. The highest BCUT2D eigenvalue weighted by molar-refractivity contribution is 5.84. The summed E-state index contributed by atoms with van der Waals surface area (Å²) >= 11 is 0. The highest BCUT2D eigenvalue weighted by Crippen LogP contribution is 2.28. The SMILES string of the molecule is Cc1ccc2c(c1)C/C(=C\C(=O)OCc1ccccc1)N2. The molecule has 0 amide bonds. The molecule has 0 spiro atoms. The van der Waals surface area contributed by atoms with Crippen molar-refractivity contribution in [2.75, 3.05) is 5.32 Å². The molecule has 3 rings (SSSR count). The zero-order valence-corrected chi connectivity index (χ0v) is 11.9. The van der Waals surface area contributed by atoms with Crippen LogP contribution < -0.4 is 5.32 Å². The fourth-order valence-electron chi connectivity index (χ4n) is 2.41. The molecule has 3 heteroatoms. The minimum Gasteiger partial charge on any atom is -0.458 e. The third kappa shape index (κ3) is 3.31. The van der Waals surface area contributed by atoms with Gasteiger partial charge in [0.25, 0.3) is 0 Å². The van der Waals surface area contributed by atoms with Crippen LogP contribution in [0.1, 0.15) is 16.7 Å². The van der Waals surface area contributed by atoms with Crippen molar-refractivity contribution in [3.8, 4) is 0 Å². The summed E-state index contributed by atoms with van der Waals surface area (Å²) in [5, 5.41) is 3.25. The second kappa shape index (κ2) is 5.83. The Balaban J connectivity index is 1.60. The summed E-state index contributed by atoms with van der Waals surface area (Å²) in [7, 11) is 0. The van der Waals surface area contributed by atoms with Crippen molar-refractivity contribution in [1.82, 2.24) is 0 Å². The van der Waals surface area contributed by atoms with Gasteiger partial charge in [0.15, 0.2) is 0 Å². The standard InChI is InChI=1S/C18H17NO2/c1-13-7-8-17-15(9-13)10-16(19-17)11-18(20)21-12-14-5-3-2-4-6-14/h2-9,11,19H,10,12H2,1H3/b16-11+.